The Balaban J connectivity index is 1.45. The number of hydrogen-bond acceptors (Lipinski definition) is 3. The second kappa shape index (κ2) is 7.29. The van der Waals surface area contributed by atoms with Crippen LogP contribution in [0.1, 0.15) is 30.5 Å². The highest BCUT2D eigenvalue weighted by Gasteiger charge is 2.22. The SMILES string of the molecule is Cn1nccc1CCC(=O)Nc1ccc(CC(=O)NC2CC2)cc1. The topological polar surface area (TPSA) is 76.0 Å². The predicted molar refractivity (Wildman–Crippen MR) is 91.5 cm³/mol. The van der Waals surface area contributed by atoms with Crippen LogP contribution in [0.5, 0.6) is 0 Å². The molecule has 3 rings (SSSR count). The van der Waals surface area contributed by atoms with E-state index in [1.54, 1.807) is 10.9 Å². The van der Waals surface area contributed by atoms with E-state index in [4.69, 9.17) is 0 Å². The highest BCUT2D eigenvalue weighted by molar-refractivity contribution is 5.90. The Morgan fingerprint density at radius 1 is 1.17 bits per heavy atom. The summed E-state index contributed by atoms with van der Waals surface area (Å²) in [6, 6.07) is 9.72. The third-order valence-electron chi connectivity index (χ3n) is 4.08. The molecule has 2 amide bonds. The first kappa shape index (κ1) is 16.2. The van der Waals surface area contributed by atoms with Crippen molar-refractivity contribution < 1.29 is 9.59 Å². The summed E-state index contributed by atoms with van der Waals surface area (Å²) in [6.07, 6.45) is 5.36. The molecule has 2 aromatic rings. The van der Waals surface area contributed by atoms with Crippen LogP contribution in [-0.4, -0.2) is 27.6 Å². The molecule has 0 aliphatic heterocycles. The number of nitrogens with zero attached hydrogens (tertiary/aromatic N) is 2. The molecule has 1 saturated carbocycles. The van der Waals surface area contributed by atoms with Crippen molar-refractivity contribution in [3.63, 3.8) is 0 Å². The molecule has 0 radical (unpaired) electrons. The van der Waals surface area contributed by atoms with Crippen LogP contribution in [0.2, 0.25) is 0 Å². The van der Waals surface area contributed by atoms with Crippen molar-refractivity contribution in [1.29, 1.82) is 0 Å². The number of nitrogens with one attached hydrogen (secondary N) is 2. The third kappa shape index (κ3) is 4.68. The maximum Gasteiger partial charge on any atom is 0.224 e. The van der Waals surface area contributed by atoms with E-state index in [1.807, 2.05) is 37.4 Å². The monoisotopic (exact) mass is 326 g/mol. The molecule has 1 heterocycles. The first-order valence-electron chi connectivity index (χ1n) is 8.25. The zero-order valence-electron chi connectivity index (χ0n) is 13.8. The van der Waals surface area contributed by atoms with E-state index < -0.39 is 0 Å². The minimum Gasteiger partial charge on any atom is -0.353 e. The number of carbonyl (C=O) groups excluding carboxylic acids is 2. The second-order valence-electron chi connectivity index (χ2n) is 6.21. The van der Waals surface area contributed by atoms with Gasteiger partial charge in [-0.2, -0.15) is 5.10 Å². The lowest BCUT2D eigenvalue weighted by atomic mass is 10.1. The van der Waals surface area contributed by atoms with E-state index in [-0.39, 0.29) is 11.8 Å². The smallest absolute Gasteiger partial charge is 0.224 e. The van der Waals surface area contributed by atoms with Gasteiger partial charge in [-0.3, -0.25) is 14.3 Å². The van der Waals surface area contributed by atoms with E-state index in [0.29, 0.717) is 25.3 Å². The number of rotatable bonds is 7. The van der Waals surface area contributed by atoms with Crippen molar-refractivity contribution in [2.75, 3.05) is 5.32 Å². The van der Waals surface area contributed by atoms with Crippen LogP contribution >= 0.6 is 0 Å². The zero-order chi connectivity index (χ0) is 16.9. The summed E-state index contributed by atoms with van der Waals surface area (Å²) in [5.41, 5.74) is 2.72. The number of aryl methyl sites for hydroxylation is 2. The molecule has 126 valence electrons. The highest BCUT2D eigenvalue weighted by atomic mass is 16.2. The van der Waals surface area contributed by atoms with Crippen molar-refractivity contribution in [2.24, 2.45) is 7.05 Å². The molecule has 0 unspecified atom stereocenters. The maximum absolute atomic E-state index is 12.0. The molecule has 1 aromatic carbocycles. The number of aromatic nitrogens is 2. The fraction of sp³-hybridized carbons (Fsp3) is 0.389. The molecule has 0 bridgehead atoms. The minimum atomic E-state index is -0.0320. The molecular formula is C18H22N4O2. The summed E-state index contributed by atoms with van der Waals surface area (Å²) >= 11 is 0. The van der Waals surface area contributed by atoms with Gasteiger partial charge < -0.3 is 10.6 Å². The summed E-state index contributed by atoms with van der Waals surface area (Å²) in [5.74, 6) is 0.0286. The van der Waals surface area contributed by atoms with Gasteiger partial charge in [0.05, 0.1) is 6.42 Å². The quantitative estimate of drug-likeness (QED) is 0.815. The Labute approximate surface area is 141 Å². The summed E-state index contributed by atoms with van der Waals surface area (Å²) in [6.45, 7) is 0. The first-order valence-corrected chi connectivity index (χ1v) is 8.25. The minimum absolute atomic E-state index is 0.0320. The van der Waals surface area contributed by atoms with Crippen LogP contribution < -0.4 is 10.6 Å². The molecule has 1 aromatic heterocycles. The van der Waals surface area contributed by atoms with Gasteiger partial charge in [0.1, 0.15) is 0 Å². The Bertz CT molecular complexity index is 717. The van der Waals surface area contributed by atoms with Crippen molar-refractivity contribution in [1.82, 2.24) is 15.1 Å². The number of amides is 2. The van der Waals surface area contributed by atoms with Crippen molar-refractivity contribution in [3.05, 3.63) is 47.8 Å². The average molecular weight is 326 g/mol. The summed E-state index contributed by atoms with van der Waals surface area (Å²) < 4.78 is 1.77. The van der Waals surface area contributed by atoms with Crippen molar-refractivity contribution in [3.8, 4) is 0 Å². The Hall–Kier alpha value is -2.63. The normalized spacial score (nSPS) is 13.5. The summed E-state index contributed by atoms with van der Waals surface area (Å²) in [4.78, 5) is 23.8. The molecule has 6 heteroatoms. The van der Waals surface area contributed by atoms with Crippen LogP contribution in [0.15, 0.2) is 36.5 Å². The number of benzene rings is 1. The van der Waals surface area contributed by atoms with Gasteiger partial charge in [0, 0.05) is 37.1 Å². The first-order chi connectivity index (χ1) is 11.6. The maximum atomic E-state index is 12.0. The lowest BCUT2D eigenvalue weighted by molar-refractivity contribution is -0.120. The molecular weight excluding hydrogens is 304 g/mol. The number of hydrogen-bond donors (Lipinski definition) is 2. The van der Waals surface area contributed by atoms with Gasteiger partial charge in [0.15, 0.2) is 0 Å². The van der Waals surface area contributed by atoms with Gasteiger partial charge in [0.2, 0.25) is 11.8 Å². The van der Waals surface area contributed by atoms with E-state index >= 15 is 0 Å². The molecule has 0 atom stereocenters. The summed E-state index contributed by atoms with van der Waals surface area (Å²) in [7, 11) is 1.87. The van der Waals surface area contributed by atoms with Gasteiger partial charge in [0.25, 0.3) is 0 Å². The largest absolute Gasteiger partial charge is 0.353 e. The number of carbonyl (C=O) groups is 2. The molecule has 0 saturated heterocycles. The highest BCUT2D eigenvalue weighted by Crippen LogP contribution is 2.19. The molecule has 1 fully saturated rings. The van der Waals surface area contributed by atoms with Crippen LogP contribution in [0.3, 0.4) is 0 Å². The molecule has 2 N–H and O–H groups in total. The van der Waals surface area contributed by atoms with Crippen LogP contribution in [0.4, 0.5) is 5.69 Å². The van der Waals surface area contributed by atoms with Crippen molar-refractivity contribution >= 4 is 17.5 Å². The Morgan fingerprint density at radius 2 is 1.92 bits per heavy atom. The van der Waals surface area contributed by atoms with Crippen LogP contribution in [0.25, 0.3) is 0 Å². The Kier molecular flexibility index (Phi) is 4.93. The van der Waals surface area contributed by atoms with Gasteiger partial charge in [-0.15, -0.1) is 0 Å². The molecule has 6 nitrogen and oxygen atoms in total. The van der Waals surface area contributed by atoms with Gasteiger partial charge in [-0.1, -0.05) is 12.1 Å². The van der Waals surface area contributed by atoms with Crippen molar-refractivity contribution in [2.45, 2.75) is 38.1 Å². The van der Waals surface area contributed by atoms with Crippen LogP contribution in [0, 0.1) is 0 Å². The molecule has 24 heavy (non-hydrogen) atoms. The third-order valence-corrected chi connectivity index (χ3v) is 4.08. The lowest BCUT2D eigenvalue weighted by Gasteiger charge is -2.07. The van der Waals surface area contributed by atoms with E-state index in [0.717, 1.165) is 29.8 Å². The predicted octanol–water partition coefficient (Wildman–Crippen LogP) is 1.81. The van der Waals surface area contributed by atoms with Gasteiger partial charge in [-0.25, -0.2) is 0 Å². The van der Waals surface area contributed by atoms with E-state index in [9.17, 15) is 9.59 Å². The average Bonchev–Trinajstić information content (AvgIpc) is 3.26. The van der Waals surface area contributed by atoms with E-state index in [1.165, 1.54) is 0 Å². The molecule has 0 spiro atoms. The summed E-state index contributed by atoms with van der Waals surface area (Å²) in [5, 5.41) is 9.93. The molecule has 1 aliphatic rings. The molecule has 1 aliphatic carbocycles. The second-order valence-corrected chi connectivity index (χ2v) is 6.21. The van der Waals surface area contributed by atoms with Gasteiger partial charge >= 0.3 is 0 Å². The van der Waals surface area contributed by atoms with Crippen LogP contribution in [-0.2, 0) is 29.5 Å². The van der Waals surface area contributed by atoms with Gasteiger partial charge in [-0.05, 0) is 43.0 Å². The number of anilines is 1. The van der Waals surface area contributed by atoms with E-state index in [2.05, 4.69) is 15.7 Å². The fourth-order valence-electron chi connectivity index (χ4n) is 2.51. The fourth-order valence-corrected chi connectivity index (χ4v) is 2.51. The Morgan fingerprint density at radius 3 is 2.54 bits per heavy atom. The standard InChI is InChI=1S/C18H22N4O2/c1-22-16(10-11-19-22)8-9-17(23)20-14-4-2-13(3-5-14)12-18(24)21-15-6-7-15/h2-5,10-11,15H,6-9,12H2,1H3,(H,20,23)(H,21,24). The lowest BCUT2D eigenvalue weighted by Crippen LogP contribution is -2.26. The zero-order valence-corrected chi connectivity index (χ0v) is 13.8.